The summed E-state index contributed by atoms with van der Waals surface area (Å²) in [6.45, 7) is -0.193. The molecule has 0 saturated carbocycles. The number of allylic oxidation sites excluding steroid dienone is 1. The van der Waals surface area contributed by atoms with Gasteiger partial charge in [-0.25, -0.2) is 13.1 Å². The SMILES string of the molecule is O=C(O)CCNS(=O)(=O)c1ccc(C(=O)/C=C/c2ccsc2)cc1. The van der Waals surface area contributed by atoms with Gasteiger partial charge in [-0.2, -0.15) is 11.3 Å². The molecule has 2 aromatic rings. The topological polar surface area (TPSA) is 101 Å². The molecule has 2 N–H and O–H groups in total. The lowest BCUT2D eigenvalue weighted by molar-refractivity contribution is -0.136. The van der Waals surface area contributed by atoms with Gasteiger partial charge >= 0.3 is 5.97 Å². The summed E-state index contributed by atoms with van der Waals surface area (Å²) in [4.78, 5) is 22.4. The number of thiophene rings is 1. The Morgan fingerprint density at radius 3 is 2.46 bits per heavy atom. The van der Waals surface area contributed by atoms with E-state index in [1.807, 2.05) is 16.8 Å². The Bertz CT molecular complexity index is 837. The van der Waals surface area contributed by atoms with Crippen molar-refractivity contribution in [2.75, 3.05) is 6.54 Å². The van der Waals surface area contributed by atoms with E-state index in [0.717, 1.165) is 5.56 Å². The molecule has 6 nitrogen and oxygen atoms in total. The number of hydrogen-bond acceptors (Lipinski definition) is 5. The van der Waals surface area contributed by atoms with Crippen LogP contribution in [0.2, 0.25) is 0 Å². The predicted octanol–water partition coefficient (Wildman–Crippen LogP) is 2.40. The van der Waals surface area contributed by atoms with E-state index in [-0.39, 0.29) is 23.6 Å². The monoisotopic (exact) mass is 365 g/mol. The summed E-state index contributed by atoms with van der Waals surface area (Å²) < 4.78 is 26.1. The molecule has 0 bridgehead atoms. The fourth-order valence-corrected chi connectivity index (χ4v) is 3.47. The Labute approximate surface area is 143 Å². The van der Waals surface area contributed by atoms with E-state index in [0.29, 0.717) is 5.56 Å². The van der Waals surface area contributed by atoms with Crippen molar-refractivity contribution in [3.8, 4) is 0 Å². The van der Waals surface area contributed by atoms with Crippen LogP contribution in [0.5, 0.6) is 0 Å². The number of sulfonamides is 1. The van der Waals surface area contributed by atoms with Crippen molar-refractivity contribution in [1.29, 1.82) is 0 Å². The quantitative estimate of drug-likeness (QED) is 0.553. The van der Waals surface area contributed by atoms with Gasteiger partial charge in [0.2, 0.25) is 10.0 Å². The molecule has 1 aromatic carbocycles. The van der Waals surface area contributed by atoms with E-state index in [2.05, 4.69) is 4.72 Å². The van der Waals surface area contributed by atoms with Crippen molar-refractivity contribution in [3.63, 3.8) is 0 Å². The lowest BCUT2D eigenvalue weighted by Crippen LogP contribution is -2.26. The average Bonchev–Trinajstić information content (AvgIpc) is 3.05. The standard InChI is InChI=1S/C16H15NO5S2/c18-15(6-1-12-8-10-23-11-12)13-2-4-14(5-3-13)24(21,22)17-9-7-16(19)20/h1-6,8,10-11,17H,7,9H2,(H,19,20)/b6-1+. The lowest BCUT2D eigenvalue weighted by Gasteiger charge is -2.06. The second kappa shape index (κ2) is 8.00. The number of benzene rings is 1. The average molecular weight is 365 g/mol. The van der Waals surface area contributed by atoms with Crippen molar-refractivity contribution in [2.45, 2.75) is 11.3 Å². The van der Waals surface area contributed by atoms with Crippen LogP contribution in [0.4, 0.5) is 0 Å². The van der Waals surface area contributed by atoms with Crippen LogP contribution in [0.3, 0.4) is 0 Å². The van der Waals surface area contributed by atoms with Gasteiger partial charge in [0.15, 0.2) is 5.78 Å². The molecule has 0 saturated heterocycles. The summed E-state index contributed by atoms with van der Waals surface area (Å²) in [5.74, 6) is -1.32. The number of carboxylic acid groups (broad SMARTS) is 1. The number of aliphatic carboxylic acids is 1. The third kappa shape index (κ3) is 5.12. The molecule has 126 valence electrons. The highest BCUT2D eigenvalue weighted by Crippen LogP contribution is 2.13. The molecule has 0 aliphatic heterocycles. The molecule has 0 radical (unpaired) electrons. The number of nitrogens with one attached hydrogen (secondary N) is 1. The minimum atomic E-state index is -3.79. The molecule has 1 heterocycles. The maximum atomic E-state index is 12.0. The van der Waals surface area contributed by atoms with E-state index in [1.54, 1.807) is 6.08 Å². The van der Waals surface area contributed by atoms with E-state index < -0.39 is 16.0 Å². The minimum Gasteiger partial charge on any atom is -0.481 e. The summed E-state index contributed by atoms with van der Waals surface area (Å²) in [6.07, 6.45) is 2.82. The maximum Gasteiger partial charge on any atom is 0.304 e. The van der Waals surface area contributed by atoms with Crippen LogP contribution in [-0.4, -0.2) is 31.8 Å². The van der Waals surface area contributed by atoms with Crippen LogP contribution in [-0.2, 0) is 14.8 Å². The number of carbonyl (C=O) groups excluding carboxylic acids is 1. The Morgan fingerprint density at radius 2 is 1.88 bits per heavy atom. The van der Waals surface area contributed by atoms with Gasteiger partial charge in [0, 0.05) is 12.1 Å². The summed E-state index contributed by atoms with van der Waals surface area (Å²) in [7, 11) is -3.79. The lowest BCUT2D eigenvalue weighted by atomic mass is 10.1. The highest BCUT2D eigenvalue weighted by atomic mass is 32.2. The third-order valence-electron chi connectivity index (χ3n) is 3.05. The molecule has 0 fully saturated rings. The molecular formula is C16H15NO5S2. The van der Waals surface area contributed by atoms with Crippen LogP contribution in [0, 0.1) is 0 Å². The molecule has 0 amide bonds. The van der Waals surface area contributed by atoms with Gasteiger partial charge in [-0.3, -0.25) is 9.59 Å². The van der Waals surface area contributed by atoms with Crippen LogP contribution >= 0.6 is 11.3 Å². The molecule has 0 atom stereocenters. The third-order valence-corrected chi connectivity index (χ3v) is 5.23. The molecule has 0 aliphatic rings. The van der Waals surface area contributed by atoms with Gasteiger partial charge < -0.3 is 5.11 Å². The summed E-state index contributed by atoms with van der Waals surface area (Å²) in [5, 5.41) is 12.3. The Balaban J connectivity index is 2.04. The fraction of sp³-hybridized carbons (Fsp3) is 0.125. The van der Waals surface area contributed by atoms with Gasteiger partial charge in [0.1, 0.15) is 0 Å². The van der Waals surface area contributed by atoms with E-state index in [4.69, 9.17) is 5.11 Å². The van der Waals surface area contributed by atoms with Gasteiger partial charge in [-0.05, 0) is 52.7 Å². The Morgan fingerprint density at radius 1 is 1.17 bits per heavy atom. The summed E-state index contributed by atoms with van der Waals surface area (Å²) in [5.41, 5.74) is 1.29. The Kier molecular flexibility index (Phi) is 6.02. The molecule has 0 aliphatic carbocycles. The first-order valence-electron chi connectivity index (χ1n) is 6.94. The number of ketones is 1. The van der Waals surface area contributed by atoms with Crippen molar-refractivity contribution in [2.24, 2.45) is 0 Å². The molecule has 2 rings (SSSR count). The van der Waals surface area contributed by atoms with Gasteiger partial charge in [0.05, 0.1) is 11.3 Å². The van der Waals surface area contributed by atoms with E-state index >= 15 is 0 Å². The number of rotatable bonds is 8. The van der Waals surface area contributed by atoms with Crippen LogP contribution in [0.15, 0.2) is 52.1 Å². The Hall–Kier alpha value is -2.29. The highest BCUT2D eigenvalue weighted by molar-refractivity contribution is 7.89. The first-order valence-corrected chi connectivity index (χ1v) is 9.37. The maximum absolute atomic E-state index is 12.0. The predicted molar refractivity (Wildman–Crippen MR) is 91.6 cm³/mol. The van der Waals surface area contributed by atoms with Gasteiger partial charge in [0.25, 0.3) is 0 Å². The van der Waals surface area contributed by atoms with E-state index in [1.165, 1.54) is 41.7 Å². The van der Waals surface area contributed by atoms with Crippen molar-refractivity contribution in [3.05, 3.63) is 58.3 Å². The molecule has 0 spiro atoms. The normalized spacial score (nSPS) is 11.7. The van der Waals surface area contributed by atoms with Crippen molar-refractivity contribution >= 4 is 39.2 Å². The zero-order valence-corrected chi connectivity index (χ0v) is 14.1. The first kappa shape index (κ1) is 18.1. The highest BCUT2D eigenvalue weighted by Gasteiger charge is 2.14. The van der Waals surface area contributed by atoms with E-state index in [9.17, 15) is 18.0 Å². The second-order valence-corrected chi connectivity index (χ2v) is 7.37. The number of carboxylic acids is 1. The van der Waals surface area contributed by atoms with Crippen LogP contribution in [0.1, 0.15) is 22.3 Å². The number of carbonyl (C=O) groups is 2. The minimum absolute atomic E-state index is 0.0220. The van der Waals surface area contributed by atoms with Gasteiger partial charge in [-0.15, -0.1) is 0 Å². The summed E-state index contributed by atoms with van der Waals surface area (Å²) >= 11 is 1.53. The molecule has 8 heteroatoms. The van der Waals surface area contributed by atoms with Crippen molar-refractivity contribution < 1.29 is 23.1 Å². The molecular weight excluding hydrogens is 350 g/mol. The number of hydrogen-bond donors (Lipinski definition) is 2. The van der Waals surface area contributed by atoms with Crippen LogP contribution < -0.4 is 4.72 Å². The fourth-order valence-electron chi connectivity index (χ4n) is 1.81. The zero-order valence-electron chi connectivity index (χ0n) is 12.5. The summed E-state index contributed by atoms with van der Waals surface area (Å²) in [6, 6.07) is 7.36. The van der Waals surface area contributed by atoms with Crippen LogP contribution in [0.25, 0.3) is 6.08 Å². The largest absolute Gasteiger partial charge is 0.481 e. The molecule has 24 heavy (non-hydrogen) atoms. The second-order valence-electron chi connectivity index (χ2n) is 4.82. The molecule has 1 aromatic heterocycles. The first-order chi connectivity index (χ1) is 11.4. The van der Waals surface area contributed by atoms with Crippen molar-refractivity contribution in [1.82, 2.24) is 4.72 Å². The molecule has 0 unspecified atom stereocenters. The zero-order chi connectivity index (χ0) is 17.6. The smallest absolute Gasteiger partial charge is 0.304 e. The van der Waals surface area contributed by atoms with Gasteiger partial charge in [-0.1, -0.05) is 6.08 Å².